The minimum atomic E-state index is -0.275. The SMILES string of the molecule is C[C@@H]1CN(C(=O)NCCO[C@@H]2CCCC[C@@H]2C)CC(C)(C)O1. The molecular formula is C17H32N2O3. The number of carbonyl (C=O) groups excluding carboxylic acids is 1. The Bertz CT molecular complexity index is 373. The number of nitrogens with one attached hydrogen (secondary N) is 1. The second-order valence-electron chi connectivity index (χ2n) is 7.47. The first kappa shape index (κ1) is 17.5. The van der Waals surface area contributed by atoms with E-state index in [9.17, 15) is 4.79 Å². The fourth-order valence-electron chi connectivity index (χ4n) is 3.62. The van der Waals surface area contributed by atoms with Gasteiger partial charge in [0.05, 0.1) is 31.0 Å². The first-order valence-electron chi connectivity index (χ1n) is 8.69. The number of rotatable bonds is 4. The van der Waals surface area contributed by atoms with Crippen molar-refractivity contribution in [1.29, 1.82) is 0 Å². The first-order valence-corrected chi connectivity index (χ1v) is 8.69. The maximum Gasteiger partial charge on any atom is 0.317 e. The fraction of sp³-hybridized carbons (Fsp3) is 0.941. The molecule has 0 aromatic carbocycles. The molecule has 22 heavy (non-hydrogen) atoms. The summed E-state index contributed by atoms with van der Waals surface area (Å²) in [7, 11) is 0. The van der Waals surface area contributed by atoms with Crippen LogP contribution in [0.15, 0.2) is 0 Å². The molecule has 5 nitrogen and oxygen atoms in total. The number of hydrogen-bond acceptors (Lipinski definition) is 3. The Morgan fingerprint density at radius 3 is 2.73 bits per heavy atom. The van der Waals surface area contributed by atoms with E-state index in [1.165, 1.54) is 19.3 Å². The molecule has 2 aliphatic rings. The maximum atomic E-state index is 12.3. The van der Waals surface area contributed by atoms with Gasteiger partial charge in [-0.1, -0.05) is 19.8 Å². The van der Waals surface area contributed by atoms with Gasteiger partial charge < -0.3 is 19.7 Å². The molecule has 1 aliphatic carbocycles. The Kier molecular flexibility index (Phi) is 6.09. The lowest BCUT2D eigenvalue weighted by Crippen LogP contribution is -2.56. The number of hydrogen-bond donors (Lipinski definition) is 1. The van der Waals surface area contributed by atoms with E-state index < -0.39 is 0 Å². The van der Waals surface area contributed by atoms with Gasteiger partial charge in [-0.15, -0.1) is 0 Å². The third-order valence-electron chi connectivity index (χ3n) is 4.60. The molecule has 2 rings (SSSR count). The van der Waals surface area contributed by atoms with Gasteiger partial charge in [0, 0.05) is 13.1 Å². The summed E-state index contributed by atoms with van der Waals surface area (Å²) in [6.07, 6.45) is 5.45. The molecule has 1 aliphatic heterocycles. The molecule has 0 radical (unpaired) electrons. The van der Waals surface area contributed by atoms with Gasteiger partial charge in [0.25, 0.3) is 0 Å². The van der Waals surface area contributed by atoms with Crippen LogP contribution < -0.4 is 5.32 Å². The molecule has 0 unspecified atom stereocenters. The normalized spacial score (nSPS) is 31.8. The van der Waals surface area contributed by atoms with Gasteiger partial charge in [-0.3, -0.25) is 0 Å². The lowest BCUT2D eigenvalue weighted by atomic mass is 9.88. The van der Waals surface area contributed by atoms with E-state index >= 15 is 0 Å². The van der Waals surface area contributed by atoms with E-state index in [-0.39, 0.29) is 17.7 Å². The summed E-state index contributed by atoms with van der Waals surface area (Å²) in [5, 5.41) is 2.97. The number of morpholine rings is 1. The smallest absolute Gasteiger partial charge is 0.317 e. The zero-order valence-electron chi connectivity index (χ0n) is 14.6. The van der Waals surface area contributed by atoms with Crippen LogP contribution in [0.4, 0.5) is 4.79 Å². The average molecular weight is 312 g/mol. The minimum absolute atomic E-state index is 0.0106. The molecule has 1 saturated heterocycles. The summed E-state index contributed by atoms with van der Waals surface area (Å²) in [5.74, 6) is 0.644. The molecule has 5 heteroatoms. The summed E-state index contributed by atoms with van der Waals surface area (Å²) in [5.41, 5.74) is -0.275. The van der Waals surface area contributed by atoms with Crippen molar-refractivity contribution >= 4 is 6.03 Å². The van der Waals surface area contributed by atoms with Gasteiger partial charge >= 0.3 is 6.03 Å². The second kappa shape index (κ2) is 7.64. The summed E-state index contributed by atoms with van der Waals surface area (Å²) in [4.78, 5) is 14.1. The third-order valence-corrected chi connectivity index (χ3v) is 4.60. The van der Waals surface area contributed by atoms with E-state index in [0.29, 0.717) is 38.3 Å². The van der Waals surface area contributed by atoms with Crippen molar-refractivity contribution in [2.24, 2.45) is 5.92 Å². The van der Waals surface area contributed by atoms with Gasteiger partial charge in [0.1, 0.15) is 0 Å². The van der Waals surface area contributed by atoms with Crippen LogP contribution in [0.25, 0.3) is 0 Å². The number of nitrogens with zero attached hydrogens (tertiary/aromatic N) is 1. The maximum absolute atomic E-state index is 12.3. The first-order chi connectivity index (χ1) is 10.4. The third kappa shape index (κ3) is 5.13. The van der Waals surface area contributed by atoms with Crippen LogP contribution in [0.5, 0.6) is 0 Å². The molecule has 0 aromatic heterocycles. The Morgan fingerprint density at radius 1 is 1.32 bits per heavy atom. The highest BCUT2D eigenvalue weighted by Crippen LogP contribution is 2.26. The van der Waals surface area contributed by atoms with Gasteiger partial charge in [0.15, 0.2) is 0 Å². The number of urea groups is 1. The molecule has 1 N–H and O–H groups in total. The number of carbonyl (C=O) groups is 1. The Labute approximate surface area is 134 Å². The standard InChI is InChI=1S/C17H32N2O3/c1-13-7-5-6-8-15(13)21-10-9-18-16(20)19-11-14(2)22-17(3,4)12-19/h13-15H,5-12H2,1-4H3,(H,18,20)/t13-,14+,15+/m0/s1. The molecular weight excluding hydrogens is 280 g/mol. The molecule has 1 heterocycles. The highest BCUT2D eigenvalue weighted by Gasteiger charge is 2.33. The van der Waals surface area contributed by atoms with Crippen molar-refractivity contribution in [1.82, 2.24) is 10.2 Å². The Hall–Kier alpha value is -0.810. The topological polar surface area (TPSA) is 50.8 Å². The molecule has 2 amide bonds. The van der Waals surface area contributed by atoms with Crippen LogP contribution in [0.1, 0.15) is 53.4 Å². The van der Waals surface area contributed by atoms with E-state index in [1.54, 1.807) is 0 Å². The highest BCUT2D eigenvalue weighted by molar-refractivity contribution is 5.74. The summed E-state index contributed by atoms with van der Waals surface area (Å²) in [6.45, 7) is 10.8. The summed E-state index contributed by atoms with van der Waals surface area (Å²) >= 11 is 0. The summed E-state index contributed by atoms with van der Waals surface area (Å²) < 4.78 is 11.8. The van der Waals surface area contributed by atoms with Crippen LogP contribution >= 0.6 is 0 Å². The molecule has 0 spiro atoms. The van der Waals surface area contributed by atoms with Crippen molar-refractivity contribution in [3.05, 3.63) is 0 Å². The van der Waals surface area contributed by atoms with Gasteiger partial charge in [-0.05, 0) is 39.5 Å². The molecule has 2 fully saturated rings. The van der Waals surface area contributed by atoms with E-state index in [2.05, 4.69) is 12.2 Å². The predicted octanol–water partition coefficient (Wildman–Crippen LogP) is 2.79. The zero-order chi connectivity index (χ0) is 16.2. The molecule has 0 aromatic rings. The molecule has 128 valence electrons. The van der Waals surface area contributed by atoms with Gasteiger partial charge in [-0.25, -0.2) is 4.79 Å². The largest absolute Gasteiger partial charge is 0.376 e. The Morgan fingerprint density at radius 2 is 2.05 bits per heavy atom. The van der Waals surface area contributed by atoms with E-state index in [4.69, 9.17) is 9.47 Å². The Balaban J connectivity index is 1.67. The number of ether oxygens (including phenoxy) is 2. The van der Waals surface area contributed by atoms with Gasteiger partial charge in [-0.2, -0.15) is 0 Å². The predicted molar refractivity (Wildman–Crippen MR) is 87.0 cm³/mol. The quantitative estimate of drug-likeness (QED) is 0.812. The van der Waals surface area contributed by atoms with Gasteiger partial charge in [0.2, 0.25) is 0 Å². The van der Waals surface area contributed by atoms with Crippen molar-refractivity contribution in [2.75, 3.05) is 26.2 Å². The zero-order valence-corrected chi connectivity index (χ0v) is 14.6. The van der Waals surface area contributed by atoms with Crippen LogP contribution in [0, 0.1) is 5.92 Å². The molecule has 3 atom stereocenters. The fourth-order valence-corrected chi connectivity index (χ4v) is 3.62. The van der Waals surface area contributed by atoms with Crippen LogP contribution in [0.2, 0.25) is 0 Å². The second-order valence-corrected chi connectivity index (χ2v) is 7.47. The van der Waals surface area contributed by atoms with E-state index in [0.717, 1.165) is 6.42 Å². The monoisotopic (exact) mass is 312 g/mol. The highest BCUT2D eigenvalue weighted by atomic mass is 16.5. The summed E-state index contributed by atoms with van der Waals surface area (Å²) in [6, 6.07) is -0.0106. The van der Waals surface area contributed by atoms with Crippen molar-refractivity contribution in [3.8, 4) is 0 Å². The van der Waals surface area contributed by atoms with Crippen molar-refractivity contribution in [2.45, 2.75) is 71.2 Å². The van der Waals surface area contributed by atoms with Crippen molar-refractivity contribution in [3.63, 3.8) is 0 Å². The van der Waals surface area contributed by atoms with Crippen LogP contribution in [-0.4, -0.2) is 55.0 Å². The van der Waals surface area contributed by atoms with E-state index in [1.807, 2.05) is 25.7 Å². The number of amides is 2. The average Bonchev–Trinajstić information content (AvgIpc) is 2.43. The minimum Gasteiger partial charge on any atom is -0.376 e. The lowest BCUT2D eigenvalue weighted by molar-refractivity contribution is -0.117. The molecule has 0 bridgehead atoms. The van der Waals surface area contributed by atoms with Crippen molar-refractivity contribution < 1.29 is 14.3 Å². The van der Waals surface area contributed by atoms with Crippen LogP contribution in [0.3, 0.4) is 0 Å². The molecule has 1 saturated carbocycles. The lowest BCUT2D eigenvalue weighted by Gasteiger charge is -2.41. The van der Waals surface area contributed by atoms with Crippen LogP contribution in [-0.2, 0) is 9.47 Å².